The van der Waals surface area contributed by atoms with Gasteiger partial charge >= 0.3 is 6.18 Å². The molecule has 3 aromatic rings. The summed E-state index contributed by atoms with van der Waals surface area (Å²) in [5.74, 6) is -6.42. The number of hydrogen-bond donors (Lipinski definition) is 1. The average Bonchev–Trinajstić information content (AvgIpc) is 3.44. The monoisotopic (exact) mass is 553 g/mol. The molecule has 1 aliphatic heterocycles. The Morgan fingerprint density at radius 1 is 1.08 bits per heavy atom. The van der Waals surface area contributed by atoms with Gasteiger partial charge in [-0.05, 0) is 44.0 Å². The van der Waals surface area contributed by atoms with Crippen LogP contribution in [0.25, 0.3) is 11.5 Å². The summed E-state index contributed by atoms with van der Waals surface area (Å²) in [7, 11) is 0. The Kier molecular flexibility index (Phi) is 6.74. The molecule has 2 aromatic carbocycles. The minimum absolute atomic E-state index is 0.0946. The number of anilines is 1. The SMILES string of the molecule is CCN(CC)C1CC(CN2C(=O)C(O)(c3c(F)cc(F)cc3F)c3c2cc(-c2ncco2)cc3C(F)(F)F)C1. The summed E-state index contributed by atoms with van der Waals surface area (Å²) in [4.78, 5) is 20.8. The van der Waals surface area contributed by atoms with Gasteiger partial charge in [0.05, 0.1) is 23.0 Å². The molecule has 39 heavy (non-hydrogen) atoms. The van der Waals surface area contributed by atoms with Crippen LogP contribution in [0.1, 0.15) is 43.4 Å². The maximum atomic E-state index is 15.0. The summed E-state index contributed by atoms with van der Waals surface area (Å²) in [5, 5.41) is 11.7. The number of rotatable bonds is 7. The Bertz CT molecular complexity index is 1380. The van der Waals surface area contributed by atoms with Crippen LogP contribution in [0.3, 0.4) is 0 Å². The molecule has 1 fully saturated rings. The first-order chi connectivity index (χ1) is 18.4. The highest BCUT2D eigenvalue weighted by atomic mass is 19.4. The molecule has 1 unspecified atom stereocenters. The summed E-state index contributed by atoms with van der Waals surface area (Å²) >= 11 is 0. The van der Waals surface area contributed by atoms with E-state index < -0.39 is 51.8 Å². The lowest BCUT2D eigenvalue weighted by Gasteiger charge is -2.43. The second-order valence-corrected chi connectivity index (χ2v) is 9.84. The highest BCUT2D eigenvalue weighted by Gasteiger charge is 2.58. The molecule has 1 atom stereocenters. The Morgan fingerprint density at radius 2 is 1.72 bits per heavy atom. The second-order valence-electron chi connectivity index (χ2n) is 9.84. The number of halogens is 6. The fourth-order valence-corrected chi connectivity index (χ4v) is 5.79. The van der Waals surface area contributed by atoms with Crippen LogP contribution in [-0.4, -0.2) is 46.6 Å². The lowest BCUT2D eigenvalue weighted by atomic mass is 9.78. The highest BCUT2D eigenvalue weighted by molar-refractivity contribution is 6.10. The molecule has 1 saturated carbocycles. The largest absolute Gasteiger partial charge is 0.445 e. The summed E-state index contributed by atoms with van der Waals surface area (Å²) in [6.45, 7) is 5.52. The number of nitrogens with zero attached hydrogens (tertiary/aromatic N) is 3. The number of carbonyl (C=O) groups excluding carboxylic acids is 1. The molecule has 2 aliphatic rings. The van der Waals surface area contributed by atoms with Crippen molar-refractivity contribution in [3.05, 3.63) is 70.9 Å². The zero-order valence-corrected chi connectivity index (χ0v) is 21.0. The van der Waals surface area contributed by atoms with Gasteiger partial charge in [0.25, 0.3) is 5.91 Å². The average molecular weight is 554 g/mol. The lowest BCUT2D eigenvalue weighted by molar-refractivity contribution is -0.142. The van der Waals surface area contributed by atoms with E-state index in [0.29, 0.717) is 18.9 Å². The van der Waals surface area contributed by atoms with E-state index >= 15 is 0 Å². The van der Waals surface area contributed by atoms with Crippen LogP contribution in [0.5, 0.6) is 0 Å². The number of carbonyl (C=O) groups is 1. The van der Waals surface area contributed by atoms with Gasteiger partial charge in [0, 0.05) is 35.8 Å². The van der Waals surface area contributed by atoms with Gasteiger partial charge in [0.2, 0.25) is 11.5 Å². The highest BCUT2D eigenvalue weighted by Crippen LogP contribution is 2.53. The molecule has 6 nitrogen and oxygen atoms in total. The van der Waals surface area contributed by atoms with Gasteiger partial charge < -0.3 is 19.3 Å². The molecule has 1 amide bonds. The van der Waals surface area contributed by atoms with E-state index in [0.717, 1.165) is 24.3 Å². The molecule has 12 heteroatoms. The normalized spacial score (nSPS) is 22.9. The van der Waals surface area contributed by atoms with Crippen LogP contribution in [0.4, 0.5) is 32.0 Å². The van der Waals surface area contributed by atoms with Crippen LogP contribution in [0, 0.1) is 23.4 Å². The minimum Gasteiger partial charge on any atom is -0.445 e. The van der Waals surface area contributed by atoms with Crippen molar-refractivity contribution in [2.45, 2.75) is 44.5 Å². The van der Waals surface area contributed by atoms with E-state index in [1.165, 1.54) is 12.3 Å². The number of hydrogen-bond acceptors (Lipinski definition) is 5. The Labute approximate surface area is 219 Å². The van der Waals surface area contributed by atoms with Gasteiger partial charge in [-0.1, -0.05) is 13.8 Å². The second kappa shape index (κ2) is 9.67. The molecule has 0 radical (unpaired) electrons. The molecule has 0 spiro atoms. The molecule has 2 heterocycles. The Balaban J connectivity index is 1.69. The first kappa shape index (κ1) is 27.2. The molecule has 0 saturated heterocycles. The summed E-state index contributed by atoms with van der Waals surface area (Å²) in [5.41, 5.74) is -7.83. The van der Waals surface area contributed by atoms with Crippen LogP contribution < -0.4 is 4.90 Å². The number of benzene rings is 2. The van der Waals surface area contributed by atoms with Crippen molar-refractivity contribution in [3.63, 3.8) is 0 Å². The van der Waals surface area contributed by atoms with Crippen molar-refractivity contribution < 1.29 is 40.7 Å². The molecular weight excluding hydrogens is 528 g/mol. The van der Waals surface area contributed by atoms with Crippen LogP contribution >= 0.6 is 0 Å². The van der Waals surface area contributed by atoms with E-state index in [9.17, 15) is 36.2 Å². The number of oxazole rings is 1. The lowest BCUT2D eigenvalue weighted by Crippen LogP contribution is -2.50. The fraction of sp³-hybridized carbons (Fsp3) is 0.407. The third-order valence-electron chi connectivity index (χ3n) is 7.66. The summed E-state index contributed by atoms with van der Waals surface area (Å²) in [6, 6.07) is 2.41. The van der Waals surface area contributed by atoms with E-state index in [1.54, 1.807) is 0 Å². The van der Waals surface area contributed by atoms with Crippen LogP contribution in [0.2, 0.25) is 0 Å². The molecule has 0 bridgehead atoms. The van der Waals surface area contributed by atoms with Gasteiger partial charge in [-0.3, -0.25) is 4.79 Å². The maximum Gasteiger partial charge on any atom is 0.416 e. The van der Waals surface area contributed by atoms with Crippen molar-refractivity contribution >= 4 is 11.6 Å². The molecule has 208 valence electrons. The third-order valence-corrected chi connectivity index (χ3v) is 7.66. The van der Waals surface area contributed by atoms with Crippen molar-refractivity contribution in [1.82, 2.24) is 9.88 Å². The minimum atomic E-state index is -5.16. The van der Waals surface area contributed by atoms with Crippen molar-refractivity contribution in [3.8, 4) is 11.5 Å². The van der Waals surface area contributed by atoms with Gasteiger partial charge in [0.1, 0.15) is 23.7 Å². The number of fused-ring (bicyclic) bond motifs is 1. The van der Waals surface area contributed by atoms with E-state index in [1.807, 2.05) is 13.8 Å². The van der Waals surface area contributed by atoms with Crippen LogP contribution in [-0.2, 0) is 16.6 Å². The zero-order valence-electron chi connectivity index (χ0n) is 21.0. The van der Waals surface area contributed by atoms with Crippen LogP contribution in [0.15, 0.2) is 41.1 Å². The third kappa shape index (κ3) is 4.39. The van der Waals surface area contributed by atoms with E-state index in [4.69, 9.17) is 4.42 Å². The summed E-state index contributed by atoms with van der Waals surface area (Å²) < 4.78 is 92.2. The molecule has 1 aliphatic carbocycles. The predicted octanol–water partition coefficient (Wildman–Crippen LogP) is 5.48. The maximum absolute atomic E-state index is 15.0. The Hall–Kier alpha value is -3.38. The van der Waals surface area contributed by atoms with Gasteiger partial charge in [-0.2, -0.15) is 13.2 Å². The quantitative estimate of drug-likeness (QED) is 0.393. The molecule has 1 N–H and O–H groups in total. The molecule has 5 rings (SSSR count). The number of aliphatic hydroxyl groups is 1. The molecular formula is C27H25F6N3O3. The van der Waals surface area contributed by atoms with E-state index in [2.05, 4.69) is 9.88 Å². The summed E-state index contributed by atoms with van der Waals surface area (Å²) in [6.07, 6.45) is -1.50. The zero-order chi connectivity index (χ0) is 28.3. The fourth-order valence-electron chi connectivity index (χ4n) is 5.79. The first-order valence-corrected chi connectivity index (χ1v) is 12.5. The smallest absolute Gasteiger partial charge is 0.416 e. The van der Waals surface area contributed by atoms with Crippen molar-refractivity contribution in [2.24, 2.45) is 5.92 Å². The first-order valence-electron chi connectivity index (χ1n) is 12.5. The van der Waals surface area contributed by atoms with Gasteiger partial charge in [-0.25, -0.2) is 18.2 Å². The van der Waals surface area contributed by atoms with Crippen molar-refractivity contribution in [1.29, 1.82) is 0 Å². The standard InChI is InChI=1S/C27H25F6N3O3/c1-3-35(4-2)17-7-14(8-17)13-36-21-10-15(24-34-5-6-39-24)9-18(27(31,32)33)22(21)26(38,25(36)37)23-19(29)11-16(28)12-20(23)30/h5-6,9-12,14,17,38H,3-4,7-8,13H2,1-2H3. The predicted molar refractivity (Wildman–Crippen MR) is 128 cm³/mol. The number of amides is 1. The number of alkyl halides is 3. The number of aromatic nitrogens is 1. The topological polar surface area (TPSA) is 69.8 Å². The molecule has 1 aromatic heterocycles. The van der Waals surface area contributed by atoms with Gasteiger partial charge in [0.15, 0.2) is 0 Å². The Morgan fingerprint density at radius 3 is 2.26 bits per heavy atom. The van der Waals surface area contributed by atoms with Gasteiger partial charge in [-0.15, -0.1) is 0 Å². The van der Waals surface area contributed by atoms with E-state index in [-0.39, 0.29) is 47.8 Å². The van der Waals surface area contributed by atoms with Crippen molar-refractivity contribution in [2.75, 3.05) is 24.5 Å².